The van der Waals surface area contributed by atoms with Gasteiger partial charge in [0.1, 0.15) is 24.5 Å². The number of hydrogen-bond acceptors (Lipinski definition) is 7. The van der Waals surface area contributed by atoms with E-state index in [2.05, 4.69) is 30.5 Å². The van der Waals surface area contributed by atoms with E-state index in [0.717, 1.165) is 45.8 Å². The van der Waals surface area contributed by atoms with Gasteiger partial charge in [0.05, 0.1) is 16.2 Å². The molecule has 1 saturated carbocycles. The van der Waals surface area contributed by atoms with Gasteiger partial charge in [0.15, 0.2) is 0 Å². The number of nitrogens with zero attached hydrogens (tertiary/aromatic N) is 4. The average Bonchev–Trinajstić information content (AvgIpc) is 2.93. The van der Waals surface area contributed by atoms with E-state index < -0.39 is 0 Å². The minimum absolute atomic E-state index is 0.144. The molecule has 0 radical (unpaired) electrons. The number of rotatable bonds is 9. The summed E-state index contributed by atoms with van der Waals surface area (Å²) in [6, 6.07) is 15.9. The van der Waals surface area contributed by atoms with Crippen molar-refractivity contribution >= 4 is 45.6 Å². The summed E-state index contributed by atoms with van der Waals surface area (Å²) >= 11 is 6.62. The fourth-order valence-corrected chi connectivity index (χ4v) is 5.19. The van der Waals surface area contributed by atoms with Gasteiger partial charge >= 0.3 is 0 Å². The first-order valence-electron chi connectivity index (χ1n) is 13.2. The Balaban J connectivity index is 1.20. The van der Waals surface area contributed by atoms with E-state index >= 15 is 0 Å². The van der Waals surface area contributed by atoms with Gasteiger partial charge in [-0.05, 0) is 67.3 Å². The summed E-state index contributed by atoms with van der Waals surface area (Å²) in [6.45, 7) is 1.72. The summed E-state index contributed by atoms with van der Waals surface area (Å²) in [5.74, 6) is 1.24. The lowest BCUT2D eigenvalue weighted by molar-refractivity contribution is -0.111. The second-order valence-electron chi connectivity index (χ2n) is 9.74. The Kier molecular flexibility index (Phi) is 7.38. The van der Waals surface area contributed by atoms with E-state index in [1.54, 1.807) is 18.6 Å². The standard InChI is InChI=1S/C30H29ClN6O2/c31-24-17-22(9-12-27(24)39-18-21-5-1-2-14-33-21)37-16-13-23-25(10-11-26-29(23)30(37)35-19-34-26)36-28(38)8-4-15-32-20-6-3-7-20/h1-2,4-5,8-12,14,17,19-20,32H,3,6-7,13,15-16,18H2,(H,36,38)/b8-4+. The average molecular weight is 541 g/mol. The van der Waals surface area contributed by atoms with Crippen molar-refractivity contribution < 1.29 is 9.53 Å². The third kappa shape index (κ3) is 5.57. The summed E-state index contributed by atoms with van der Waals surface area (Å²) in [7, 11) is 0. The number of anilines is 3. The Morgan fingerprint density at radius 2 is 2.05 bits per heavy atom. The zero-order chi connectivity index (χ0) is 26.6. The van der Waals surface area contributed by atoms with Crippen LogP contribution in [0.25, 0.3) is 10.9 Å². The summed E-state index contributed by atoms with van der Waals surface area (Å²) in [5, 5.41) is 7.94. The number of carbonyl (C=O) groups is 1. The molecule has 2 N–H and O–H groups in total. The second-order valence-corrected chi connectivity index (χ2v) is 10.1. The highest BCUT2D eigenvalue weighted by molar-refractivity contribution is 6.32. The molecule has 3 heterocycles. The van der Waals surface area contributed by atoms with E-state index in [0.29, 0.717) is 36.5 Å². The maximum Gasteiger partial charge on any atom is 0.248 e. The van der Waals surface area contributed by atoms with Gasteiger partial charge in [-0.15, -0.1) is 0 Å². The van der Waals surface area contributed by atoms with Crippen LogP contribution in [0.2, 0.25) is 5.02 Å². The van der Waals surface area contributed by atoms with Crippen LogP contribution in [0.5, 0.6) is 5.75 Å². The fraction of sp³-hybridized carbons (Fsp3) is 0.267. The van der Waals surface area contributed by atoms with E-state index in [9.17, 15) is 4.79 Å². The molecule has 0 saturated heterocycles. The Morgan fingerprint density at radius 1 is 1.13 bits per heavy atom. The van der Waals surface area contributed by atoms with E-state index in [1.165, 1.54) is 19.3 Å². The van der Waals surface area contributed by atoms with Crippen molar-refractivity contribution in [1.29, 1.82) is 0 Å². The molecule has 1 aliphatic heterocycles. The molecule has 8 nitrogen and oxygen atoms in total. The highest BCUT2D eigenvalue weighted by Gasteiger charge is 2.25. The van der Waals surface area contributed by atoms with Crippen molar-refractivity contribution in [2.45, 2.75) is 38.3 Å². The molecule has 6 rings (SSSR count). The van der Waals surface area contributed by atoms with Crippen LogP contribution in [0.3, 0.4) is 0 Å². The molecule has 2 aromatic carbocycles. The van der Waals surface area contributed by atoms with E-state index in [-0.39, 0.29) is 5.91 Å². The number of carbonyl (C=O) groups excluding carboxylic acids is 1. The Bertz CT molecular complexity index is 1520. The van der Waals surface area contributed by atoms with Crippen molar-refractivity contribution in [1.82, 2.24) is 20.3 Å². The monoisotopic (exact) mass is 540 g/mol. The first-order chi connectivity index (χ1) is 19.2. The van der Waals surface area contributed by atoms with Crippen LogP contribution in [0.15, 0.2) is 73.2 Å². The largest absolute Gasteiger partial charge is 0.486 e. The highest BCUT2D eigenvalue weighted by atomic mass is 35.5. The first-order valence-corrected chi connectivity index (χ1v) is 13.6. The normalized spacial score (nSPS) is 14.9. The molecule has 0 unspecified atom stereocenters. The van der Waals surface area contributed by atoms with Crippen LogP contribution in [-0.4, -0.2) is 40.0 Å². The highest BCUT2D eigenvalue weighted by Crippen LogP contribution is 2.40. The lowest BCUT2D eigenvalue weighted by Gasteiger charge is -2.31. The molecular weight excluding hydrogens is 512 g/mol. The molecule has 198 valence electrons. The fourth-order valence-electron chi connectivity index (χ4n) is 4.96. The van der Waals surface area contributed by atoms with Crippen molar-refractivity contribution in [2.75, 3.05) is 23.3 Å². The Morgan fingerprint density at radius 3 is 2.85 bits per heavy atom. The van der Waals surface area contributed by atoms with Gasteiger partial charge in [0, 0.05) is 48.2 Å². The van der Waals surface area contributed by atoms with Gasteiger partial charge in [0.2, 0.25) is 5.91 Å². The van der Waals surface area contributed by atoms with Crippen LogP contribution in [-0.2, 0) is 17.8 Å². The molecule has 39 heavy (non-hydrogen) atoms. The maximum absolute atomic E-state index is 12.6. The van der Waals surface area contributed by atoms with Crippen LogP contribution >= 0.6 is 11.6 Å². The second kappa shape index (κ2) is 11.4. The molecule has 1 aliphatic carbocycles. The van der Waals surface area contributed by atoms with Gasteiger partial charge < -0.3 is 20.3 Å². The zero-order valence-electron chi connectivity index (χ0n) is 21.4. The lowest BCUT2D eigenvalue weighted by Crippen LogP contribution is -2.35. The first kappa shape index (κ1) is 25.3. The molecule has 0 bridgehead atoms. The number of hydrogen-bond donors (Lipinski definition) is 2. The van der Waals surface area contributed by atoms with Crippen LogP contribution < -0.4 is 20.3 Å². The topological polar surface area (TPSA) is 92.3 Å². The molecular formula is C30H29ClN6O2. The van der Waals surface area contributed by atoms with E-state index in [4.69, 9.17) is 16.3 Å². The van der Waals surface area contributed by atoms with Crippen molar-refractivity contribution in [3.8, 4) is 5.75 Å². The van der Waals surface area contributed by atoms with Crippen molar-refractivity contribution in [2.24, 2.45) is 0 Å². The number of amides is 1. The maximum atomic E-state index is 12.6. The van der Waals surface area contributed by atoms with Gasteiger partial charge in [-0.25, -0.2) is 9.97 Å². The van der Waals surface area contributed by atoms with Crippen molar-refractivity contribution in [3.05, 3.63) is 89.5 Å². The SMILES string of the molecule is O=C(/C=C/CNC1CCC1)Nc1ccc2ncnc3c2c1CCN3c1ccc(OCc2ccccn2)c(Cl)c1. The molecule has 1 fully saturated rings. The van der Waals surface area contributed by atoms with Crippen LogP contribution in [0, 0.1) is 0 Å². The number of halogens is 1. The van der Waals surface area contributed by atoms with Gasteiger partial charge in [0.25, 0.3) is 0 Å². The third-order valence-electron chi connectivity index (χ3n) is 7.22. The molecule has 9 heteroatoms. The van der Waals surface area contributed by atoms with Crippen LogP contribution in [0.4, 0.5) is 17.2 Å². The number of pyridine rings is 1. The van der Waals surface area contributed by atoms with Gasteiger partial charge in [-0.1, -0.05) is 30.2 Å². The minimum atomic E-state index is -0.144. The molecule has 2 aromatic heterocycles. The van der Waals surface area contributed by atoms with Crippen molar-refractivity contribution in [3.63, 3.8) is 0 Å². The van der Waals surface area contributed by atoms with Gasteiger partial charge in [-0.2, -0.15) is 0 Å². The quantitative estimate of drug-likeness (QED) is 0.267. The molecule has 0 atom stereocenters. The summed E-state index contributed by atoms with van der Waals surface area (Å²) in [4.78, 5) is 28.2. The van der Waals surface area contributed by atoms with Crippen LogP contribution in [0.1, 0.15) is 30.5 Å². The smallest absolute Gasteiger partial charge is 0.248 e. The number of ether oxygens (including phenoxy) is 1. The van der Waals surface area contributed by atoms with E-state index in [1.807, 2.05) is 54.6 Å². The molecule has 4 aromatic rings. The summed E-state index contributed by atoms with van der Waals surface area (Å²) in [5.41, 5.74) is 4.40. The minimum Gasteiger partial charge on any atom is -0.486 e. The molecule has 0 spiro atoms. The summed E-state index contributed by atoms with van der Waals surface area (Å²) in [6.07, 6.45) is 11.2. The summed E-state index contributed by atoms with van der Waals surface area (Å²) < 4.78 is 5.90. The number of nitrogens with one attached hydrogen (secondary N) is 2. The Hall–Kier alpha value is -4.01. The number of benzene rings is 2. The molecule has 1 amide bonds. The molecule has 2 aliphatic rings. The predicted molar refractivity (Wildman–Crippen MR) is 154 cm³/mol. The third-order valence-corrected chi connectivity index (χ3v) is 7.51. The number of aromatic nitrogens is 3. The lowest BCUT2D eigenvalue weighted by atomic mass is 9.93. The zero-order valence-corrected chi connectivity index (χ0v) is 22.2. The predicted octanol–water partition coefficient (Wildman–Crippen LogP) is 5.59. The Labute approximate surface area is 232 Å². The van der Waals surface area contributed by atoms with Gasteiger partial charge in [-0.3, -0.25) is 9.78 Å².